The zero-order valence-corrected chi connectivity index (χ0v) is 22.2. The molecule has 7 heteroatoms. The molecule has 0 bridgehead atoms. The highest BCUT2D eigenvalue weighted by molar-refractivity contribution is 7.47. The second-order valence-corrected chi connectivity index (χ2v) is 10.1. The third-order valence-corrected chi connectivity index (χ3v) is 7.84. The summed E-state index contributed by atoms with van der Waals surface area (Å²) >= 11 is 4.85. The van der Waals surface area contributed by atoms with Crippen LogP contribution in [0.15, 0.2) is 89.3 Å². The maximum Gasteiger partial charge on any atom is 0.454 e. The van der Waals surface area contributed by atoms with E-state index in [4.69, 9.17) is 17.2 Å². The van der Waals surface area contributed by atoms with Gasteiger partial charge in [0.25, 0.3) is 5.91 Å². The van der Waals surface area contributed by atoms with Gasteiger partial charge in [0.2, 0.25) is 0 Å². The molecule has 2 atom stereocenters. The van der Waals surface area contributed by atoms with Crippen LogP contribution in [0, 0.1) is 5.92 Å². The average molecular weight is 517 g/mol. The number of methoxy groups -OCH3 is 1. The van der Waals surface area contributed by atoms with Crippen LogP contribution in [0.1, 0.15) is 53.2 Å². The number of quaternary nitrogens is 1. The van der Waals surface area contributed by atoms with Gasteiger partial charge in [-0.3, -0.25) is 4.79 Å². The number of carbonyl (C=O) groups is 2. The molecule has 1 aliphatic rings. The van der Waals surface area contributed by atoms with Gasteiger partial charge in [0.05, 0.1) is 44.2 Å². The first-order chi connectivity index (χ1) is 18.0. The van der Waals surface area contributed by atoms with Gasteiger partial charge in [-0.1, -0.05) is 77.2 Å². The fraction of sp³-hybridized carbons (Fsp3) is 0.333. The summed E-state index contributed by atoms with van der Waals surface area (Å²) in [4.78, 5) is 26.3. The molecule has 192 valence electrons. The number of rotatable bonds is 8. The van der Waals surface area contributed by atoms with E-state index in [1.807, 2.05) is 67.7 Å². The number of amides is 3. The average Bonchev–Trinajstić information content (AvgIpc) is 2.96. The lowest BCUT2D eigenvalue weighted by Gasteiger charge is -2.42. The number of para-hydroxylation sites is 1. The second kappa shape index (κ2) is 12.2. The smallest absolute Gasteiger partial charge is 0.454 e. The highest BCUT2D eigenvalue weighted by Crippen LogP contribution is 2.39. The molecule has 0 saturated heterocycles. The topological polar surface area (TPSA) is 67.8 Å². The minimum absolute atomic E-state index is 0.108. The molecule has 1 aliphatic carbocycles. The van der Waals surface area contributed by atoms with Crippen LogP contribution in [0.2, 0.25) is 0 Å². The van der Waals surface area contributed by atoms with E-state index in [1.54, 1.807) is 19.2 Å². The number of urea groups is 1. The highest BCUT2D eigenvalue weighted by atomic mass is 32.1. The van der Waals surface area contributed by atoms with Crippen LogP contribution in [0.4, 0.5) is 4.79 Å². The molecular formula is C30H34N3O3S+. The molecule has 0 heterocycles. The van der Waals surface area contributed by atoms with Crippen LogP contribution in [0.25, 0.3) is 0 Å². The van der Waals surface area contributed by atoms with E-state index in [9.17, 15) is 9.59 Å². The van der Waals surface area contributed by atoms with Gasteiger partial charge in [0.15, 0.2) is 0 Å². The Balaban J connectivity index is 1.53. The molecule has 37 heavy (non-hydrogen) atoms. The molecule has 3 aromatic rings. The van der Waals surface area contributed by atoms with Crippen LogP contribution in [-0.2, 0) is 19.0 Å². The van der Waals surface area contributed by atoms with Gasteiger partial charge in [-0.25, -0.2) is 9.28 Å². The Morgan fingerprint density at radius 3 is 2.16 bits per heavy atom. The maximum absolute atomic E-state index is 13.3. The van der Waals surface area contributed by atoms with Gasteiger partial charge in [-0.2, -0.15) is 0 Å². The predicted molar refractivity (Wildman–Crippen MR) is 147 cm³/mol. The Kier molecular flexibility index (Phi) is 8.79. The number of benzene rings is 3. The van der Waals surface area contributed by atoms with E-state index >= 15 is 0 Å². The molecule has 0 spiro atoms. The summed E-state index contributed by atoms with van der Waals surface area (Å²) in [5, 5.41) is 3.30. The molecule has 1 fully saturated rings. The summed E-state index contributed by atoms with van der Waals surface area (Å²) in [6, 6.07) is 27.1. The zero-order valence-electron chi connectivity index (χ0n) is 21.4. The Bertz CT molecular complexity index is 1210. The predicted octanol–water partition coefficient (Wildman–Crippen LogP) is 6.22. The monoisotopic (exact) mass is 516 g/mol. The van der Waals surface area contributed by atoms with E-state index < -0.39 is 0 Å². The lowest BCUT2D eigenvalue weighted by molar-refractivity contribution is -0.870. The van der Waals surface area contributed by atoms with Crippen molar-refractivity contribution in [2.75, 3.05) is 14.2 Å². The van der Waals surface area contributed by atoms with E-state index in [0.717, 1.165) is 36.8 Å². The molecule has 6 nitrogen and oxygen atoms in total. The van der Waals surface area contributed by atoms with Crippen LogP contribution < -0.4 is 10.1 Å². The fourth-order valence-electron chi connectivity index (χ4n) is 5.60. The number of nitrogens with zero attached hydrogens (tertiary/aromatic N) is 2. The highest BCUT2D eigenvalue weighted by Gasteiger charge is 2.43. The van der Waals surface area contributed by atoms with Crippen molar-refractivity contribution in [2.24, 2.45) is 10.3 Å². The molecule has 4 rings (SSSR count). The summed E-state index contributed by atoms with van der Waals surface area (Å²) in [7, 11) is 3.53. The summed E-state index contributed by atoms with van der Waals surface area (Å²) in [5.74, 6) is 0.631. The first kappa shape index (κ1) is 26.6. The zero-order chi connectivity index (χ0) is 26.3. The Morgan fingerprint density at radius 1 is 0.946 bits per heavy atom. The molecule has 0 radical (unpaired) electrons. The summed E-state index contributed by atoms with van der Waals surface area (Å²) < 4.78 is 9.26. The van der Waals surface area contributed by atoms with Crippen molar-refractivity contribution < 1.29 is 18.8 Å². The number of nitrogens with one attached hydrogen (secondary N) is 1. The standard InChI is InChI=1S/C30H33N3O3S/c1-33(30(35)32-37,21-22-11-5-3-6-12-22)25-19-17-24(18-20-25)28(23-13-7-4-8-14-23)31-29(34)26-15-9-10-16-27(26)36-2/h3-16,24-25,28H,17-21H2,1-2H3/p+1. The first-order valence-electron chi connectivity index (χ1n) is 12.7. The molecule has 0 aliphatic heterocycles. The van der Waals surface area contributed by atoms with E-state index in [2.05, 4.69) is 21.8 Å². The molecule has 2 unspecified atom stereocenters. The van der Waals surface area contributed by atoms with Gasteiger partial charge >= 0.3 is 6.03 Å². The van der Waals surface area contributed by atoms with Crippen LogP contribution >= 0.6 is 0 Å². The van der Waals surface area contributed by atoms with E-state index in [0.29, 0.717) is 17.9 Å². The van der Waals surface area contributed by atoms with Gasteiger partial charge in [-0.05, 0) is 36.5 Å². The summed E-state index contributed by atoms with van der Waals surface area (Å²) in [5.41, 5.74) is 2.68. The SMILES string of the molecule is COc1ccccc1C(=O)NC(c1ccccc1)C1CCC([N+](C)(Cc2ccccc2)C(=O)N=S)CC1. The minimum atomic E-state index is -0.272. The maximum atomic E-state index is 13.3. The summed E-state index contributed by atoms with van der Waals surface area (Å²) in [6.45, 7) is 0.557. The molecule has 1 N–H and O–H groups in total. The molecule has 3 aromatic carbocycles. The quantitative estimate of drug-likeness (QED) is 0.361. The summed E-state index contributed by atoms with van der Waals surface area (Å²) in [6.07, 6.45) is 3.45. The van der Waals surface area contributed by atoms with E-state index in [1.165, 1.54) is 0 Å². The molecule has 0 aromatic heterocycles. The lowest BCUT2D eigenvalue weighted by Crippen LogP contribution is -2.55. The first-order valence-corrected chi connectivity index (χ1v) is 13.1. The fourth-order valence-corrected chi connectivity index (χ4v) is 5.79. The van der Waals surface area contributed by atoms with Crippen molar-refractivity contribution in [3.05, 3.63) is 102 Å². The van der Waals surface area contributed by atoms with Crippen molar-refractivity contribution in [3.8, 4) is 5.75 Å². The third kappa shape index (κ3) is 6.12. The van der Waals surface area contributed by atoms with Crippen molar-refractivity contribution in [1.29, 1.82) is 0 Å². The van der Waals surface area contributed by atoms with Crippen molar-refractivity contribution in [1.82, 2.24) is 5.32 Å². The van der Waals surface area contributed by atoms with Crippen LogP contribution in [0.3, 0.4) is 0 Å². The lowest BCUT2D eigenvalue weighted by atomic mass is 9.78. The van der Waals surface area contributed by atoms with Gasteiger partial charge < -0.3 is 10.1 Å². The van der Waals surface area contributed by atoms with Crippen molar-refractivity contribution >= 4 is 24.4 Å². The van der Waals surface area contributed by atoms with Crippen molar-refractivity contribution in [3.63, 3.8) is 0 Å². The van der Waals surface area contributed by atoms with Crippen LogP contribution in [-0.4, -0.2) is 36.6 Å². The molecule has 3 amide bonds. The molecule has 1 saturated carbocycles. The Labute approximate surface area is 224 Å². The van der Waals surface area contributed by atoms with Gasteiger partial charge in [0, 0.05) is 18.4 Å². The second-order valence-electron chi connectivity index (χ2n) is 9.92. The number of hydrogen-bond donors (Lipinski definition) is 1. The normalized spacial score (nSPS) is 19.7. The third-order valence-electron chi connectivity index (χ3n) is 7.68. The Hall–Kier alpha value is -3.42. The van der Waals surface area contributed by atoms with Crippen molar-refractivity contribution in [2.45, 2.75) is 44.3 Å². The van der Waals surface area contributed by atoms with Crippen LogP contribution in [0.5, 0.6) is 5.75 Å². The number of hydrogen-bond acceptors (Lipinski definition) is 4. The number of ether oxygens (including phenoxy) is 1. The minimum Gasteiger partial charge on any atom is -0.496 e. The number of carbonyl (C=O) groups excluding carboxylic acids is 2. The van der Waals surface area contributed by atoms with E-state index in [-0.39, 0.29) is 34.4 Å². The molecular weight excluding hydrogens is 482 g/mol. The largest absolute Gasteiger partial charge is 0.496 e. The Morgan fingerprint density at radius 2 is 1.54 bits per heavy atom. The van der Waals surface area contributed by atoms with Gasteiger partial charge in [-0.15, -0.1) is 0 Å². The van der Waals surface area contributed by atoms with Gasteiger partial charge in [0.1, 0.15) is 12.3 Å².